The van der Waals surface area contributed by atoms with E-state index in [-0.39, 0.29) is 19.2 Å². The first kappa shape index (κ1) is 23.7. The van der Waals surface area contributed by atoms with Crippen LogP contribution < -0.4 is 0 Å². The number of ether oxygens (including phenoxy) is 2. The van der Waals surface area contributed by atoms with Crippen molar-refractivity contribution in [3.63, 3.8) is 0 Å². The molecule has 0 aliphatic heterocycles. The highest BCUT2D eigenvalue weighted by Gasteiger charge is 1.95. The lowest BCUT2D eigenvalue weighted by Crippen LogP contribution is -2.02. The number of aliphatic hydroxyl groups is 1. The van der Waals surface area contributed by atoms with Crippen LogP contribution in [0.4, 0.5) is 0 Å². The van der Waals surface area contributed by atoms with Crippen molar-refractivity contribution in [3.05, 3.63) is 37.5 Å². The minimum Gasteiger partial charge on any atom is -0.478 e. The fraction of sp³-hybridized carbons (Fsp3) is 0.357. The summed E-state index contributed by atoms with van der Waals surface area (Å²) in [4.78, 5) is 29.7. The van der Waals surface area contributed by atoms with Crippen molar-refractivity contribution in [2.24, 2.45) is 0 Å². The van der Waals surface area contributed by atoms with Crippen LogP contribution in [0.5, 0.6) is 0 Å². The Labute approximate surface area is 124 Å². The van der Waals surface area contributed by atoms with E-state index in [1.165, 1.54) is 7.11 Å². The van der Waals surface area contributed by atoms with Gasteiger partial charge >= 0.3 is 17.9 Å². The molecule has 0 aromatic heterocycles. The summed E-state index contributed by atoms with van der Waals surface area (Å²) in [6.07, 6.45) is 2.41. The number of aliphatic carboxylic acids is 1. The first-order valence-electron chi connectivity index (χ1n) is 5.75. The summed E-state index contributed by atoms with van der Waals surface area (Å²) in [5, 5.41) is 15.8. The second kappa shape index (κ2) is 17.6. The van der Waals surface area contributed by atoms with E-state index in [4.69, 9.17) is 10.2 Å². The second-order valence-electron chi connectivity index (χ2n) is 3.26. The highest BCUT2D eigenvalue weighted by Crippen LogP contribution is 1.87. The molecular formula is C14H22O7. The molecule has 0 atom stereocenters. The fourth-order valence-electron chi connectivity index (χ4n) is 0.470. The van der Waals surface area contributed by atoms with Gasteiger partial charge in [-0.05, 0) is 6.92 Å². The lowest BCUT2D eigenvalue weighted by atomic mass is 10.4. The Morgan fingerprint density at radius 2 is 1.67 bits per heavy atom. The predicted molar refractivity (Wildman–Crippen MR) is 77.5 cm³/mol. The maximum absolute atomic E-state index is 10.3. The van der Waals surface area contributed by atoms with Crippen molar-refractivity contribution in [2.45, 2.75) is 13.3 Å². The van der Waals surface area contributed by atoms with Gasteiger partial charge in [-0.25, -0.2) is 14.4 Å². The molecule has 0 bridgehead atoms. The van der Waals surface area contributed by atoms with E-state index in [2.05, 4.69) is 29.2 Å². The van der Waals surface area contributed by atoms with Gasteiger partial charge in [-0.15, -0.1) is 0 Å². The van der Waals surface area contributed by atoms with Crippen molar-refractivity contribution in [2.75, 3.05) is 20.3 Å². The average molecular weight is 302 g/mol. The molecule has 0 spiro atoms. The summed E-state index contributed by atoms with van der Waals surface area (Å²) in [5.74, 6) is -1.77. The third kappa shape index (κ3) is 27.0. The van der Waals surface area contributed by atoms with Crippen LogP contribution in [-0.4, -0.2) is 48.4 Å². The summed E-state index contributed by atoms with van der Waals surface area (Å²) in [5.41, 5.74) is 0.433. The molecule has 0 aliphatic carbocycles. The Morgan fingerprint density at radius 1 is 1.19 bits per heavy atom. The van der Waals surface area contributed by atoms with Gasteiger partial charge in [-0.1, -0.05) is 19.7 Å². The van der Waals surface area contributed by atoms with E-state index in [1.807, 2.05) is 0 Å². The van der Waals surface area contributed by atoms with Crippen molar-refractivity contribution < 1.29 is 34.1 Å². The lowest BCUT2D eigenvalue weighted by molar-refractivity contribution is -0.138. The second-order valence-corrected chi connectivity index (χ2v) is 3.26. The Bertz CT molecular complexity index is 358. The number of methoxy groups -OCH3 is 1. The maximum Gasteiger partial charge on any atom is 0.332 e. The summed E-state index contributed by atoms with van der Waals surface area (Å²) >= 11 is 0. The molecule has 0 amide bonds. The minimum atomic E-state index is -0.981. The number of carboxylic acids is 1. The van der Waals surface area contributed by atoms with Crippen molar-refractivity contribution in [3.8, 4) is 0 Å². The zero-order valence-electron chi connectivity index (χ0n) is 12.3. The van der Waals surface area contributed by atoms with Crippen LogP contribution in [0.15, 0.2) is 37.5 Å². The quantitative estimate of drug-likeness (QED) is 0.429. The number of esters is 2. The summed E-state index contributed by atoms with van der Waals surface area (Å²) < 4.78 is 8.79. The molecule has 0 heterocycles. The van der Waals surface area contributed by atoms with Gasteiger partial charge in [0.1, 0.15) is 0 Å². The molecule has 7 heteroatoms. The Morgan fingerprint density at radius 3 is 1.86 bits per heavy atom. The summed E-state index contributed by atoms with van der Waals surface area (Å²) in [7, 11) is 1.33. The zero-order chi connectivity index (χ0) is 17.3. The molecule has 0 aromatic carbocycles. The summed E-state index contributed by atoms with van der Waals surface area (Å²) in [6, 6.07) is 0. The van der Waals surface area contributed by atoms with Gasteiger partial charge in [0.15, 0.2) is 0 Å². The first-order valence-corrected chi connectivity index (χ1v) is 5.75. The molecule has 0 aromatic rings. The number of rotatable bonds is 6. The van der Waals surface area contributed by atoms with Crippen molar-refractivity contribution >= 4 is 17.9 Å². The zero-order valence-corrected chi connectivity index (χ0v) is 12.3. The van der Waals surface area contributed by atoms with Crippen LogP contribution >= 0.6 is 0 Å². The number of hydrogen-bond acceptors (Lipinski definition) is 6. The van der Waals surface area contributed by atoms with Crippen LogP contribution in [-0.2, 0) is 23.9 Å². The minimum absolute atomic E-state index is 0.0461. The van der Waals surface area contributed by atoms with Gasteiger partial charge in [0.05, 0.1) is 13.7 Å². The van der Waals surface area contributed by atoms with Gasteiger partial charge in [-0.3, -0.25) is 0 Å². The molecule has 21 heavy (non-hydrogen) atoms. The highest BCUT2D eigenvalue weighted by atomic mass is 16.5. The molecular weight excluding hydrogens is 280 g/mol. The van der Waals surface area contributed by atoms with Crippen LogP contribution in [0.3, 0.4) is 0 Å². The van der Waals surface area contributed by atoms with Crippen molar-refractivity contribution in [1.82, 2.24) is 0 Å². The number of carbonyl (C=O) groups excluding carboxylic acids is 2. The monoisotopic (exact) mass is 302 g/mol. The molecule has 0 saturated heterocycles. The molecule has 0 rings (SSSR count). The van der Waals surface area contributed by atoms with Gasteiger partial charge in [0, 0.05) is 30.8 Å². The fourth-order valence-corrected chi connectivity index (χ4v) is 0.470. The molecule has 0 unspecified atom stereocenters. The van der Waals surface area contributed by atoms with Crippen LogP contribution in [0.25, 0.3) is 0 Å². The molecule has 0 saturated carbocycles. The van der Waals surface area contributed by atoms with Crippen molar-refractivity contribution in [1.29, 1.82) is 0 Å². The third-order valence-electron chi connectivity index (χ3n) is 1.42. The molecule has 0 aliphatic rings. The Hall–Kier alpha value is -2.41. The van der Waals surface area contributed by atoms with E-state index in [0.717, 1.165) is 12.2 Å². The van der Waals surface area contributed by atoms with Crippen LogP contribution in [0, 0.1) is 0 Å². The van der Waals surface area contributed by atoms with E-state index in [1.54, 1.807) is 6.92 Å². The van der Waals surface area contributed by atoms with Crippen LogP contribution in [0.2, 0.25) is 0 Å². The normalized spacial score (nSPS) is 7.76. The number of carbonyl (C=O) groups is 3. The predicted octanol–water partition coefficient (Wildman–Crippen LogP) is 1.09. The Balaban J connectivity index is -0.000000242. The highest BCUT2D eigenvalue weighted by molar-refractivity contribution is 5.86. The van der Waals surface area contributed by atoms with Gasteiger partial charge < -0.3 is 19.7 Å². The standard InChI is InChI=1S/C6H10O3.C5H8O2.C3H4O2/c1-2-6(8)9-5-3-4-7;1-4(2)5(6)7-3;1-2-3(4)5/h2,7H,1,3-5H2;1H2,2-3H3;2H,1H2,(H,4,5). The van der Waals surface area contributed by atoms with E-state index < -0.39 is 11.9 Å². The maximum atomic E-state index is 10.3. The molecule has 7 nitrogen and oxygen atoms in total. The van der Waals surface area contributed by atoms with Gasteiger partial charge in [0.2, 0.25) is 0 Å². The summed E-state index contributed by atoms with van der Waals surface area (Å²) in [6.45, 7) is 11.4. The van der Waals surface area contributed by atoms with E-state index >= 15 is 0 Å². The largest absolute Gasteiger partial charge is 0.478 e. The van der Waals surface area contributed by atoms with E-state index in [9.17, 15) is 14.4 Å². The van der Waals surface area contributed by atoms with Crippen LogP contribution in [0.1, 0.15) is 13.3 Å². The smallest absolute Gasteiger partial charge is 0.332 e. The van der Waals surface area contributed by atoms with Gasteiger partial charge in [0.25, 0.3) is 0 Å². The molecule has 0 fully saturated rings. The topological polar surface area (TPSA) is 110 Å². The SMILES string of the molecule is C=C(C)C(=O)OC.C=CC(=O)O.C=CC(=O)OCCCO. The molecule has 0 radical (unpaired) electrons. The van der Waals surface area contributed by atoms with E-state index in [0.29, 0.717) is 12.0 Å². The molecule has 2 N–H and O–H groups in total. The lowest BCUT2D eigenvalue weighted by Gasteiger charge is -1.96. The first-order chi connectivity index (χ1) is 9.76. The number of carboxylic acid groups (broad SMARTS) is 1. The molecule has 120 valence electrons. The number of hydrogen-bond donors (Lipinski definition) is 2. The number of aliphatic hydroxyl groups excluding tert-OH is 1. The van der Waals surface area contributed by atoms with Gasteiger partial charge in [-0.2, -0.15) is 0 Å². The third-order valence-corrected chi connectivity index (χ3v) is 1.42. The Kier molecular flexibility index (Phi) is 19.8. The average Bonchev–Trinajstić information content (AvgIpc) is 2.47.